The maximum Gasteiger partial charge on any atom is 0.268 e. The summed E-state index contributed by atoms with van der Waals surface area (Å²) in [5.41, 5.74) is 6.68. The molecule has 0 fully saturated rings. The lowest BCUT2D eigenvalue weighted by Crippen LogP contribution is -2.30. The van der Waals surface area contributed by atoms with E-state index in [0.717, 1.165) is 12.1 Å². The molecule has 3 aromatic rings. The molecule has 4 rings (SSSR count). The molecule has 3 N–H and O–H groups in total. The molecule has 0 saturated carbocycles. The summed E-state index contributed by atoms with van der Waals surface area (Å²) in [6, 6.07) is 13.5. The summed E-state index contributed by atoms with van der Waals surface area (Å²) in [5, 5.41) is 2.68. The Kier molecular flexibility index (Phi) is 5.31. The number of carbonyl (C=O) groups is 3. The molecule has 0 unspecified atom stereocenters. The number of fused-ring (bicyclic) bond motifs is 1. The number of amides is 3. The third-order valence-electron chi connectivity index (χ3n) is 5.10. The third kappa shape index (κ3) is 3.44. The van der Waals surface area contributed by atoms with Crippen molar-refractivity contribution in [1.29, 1.82) is 0 Å². The molecule has 1 aliphatic heterocycles. The summed E-state index contributed by atoms with van der Waals surface area (Å²) in [6.07, 6.45) is 0. The van der Waals surface area contributed by atoms with Gasteiger partial charge in [0.05, 0.1) is 38.8 Å². The van der Waals surface area contributed by atoms with Crippen molar-refractivity contribution >= 4 is 52.1 Å². The standard InChI is InChI=1S/C23H18ClFN4O3/c1-28(2)18-9-4-3-6-12(18)21(30)27-17-8-5-7-13-20(17)23(32)29(22(13)31)19-11-16(26)14(24)10-15(19)25/h3-11H,26H2,1-2H3,(H,27,30). The summed E-state index contributed by atoms with van der Waals surface area (Å²) in [7, 11) is 3.61. The number of carbonyl (C=O) groups excluding carboxylic acids is 3. The van der Waals surface area contributed by atoms with Crippen LogP contribution in [0.4, 0.5) is 27.1 Å². The Bertz CT molecular complexity index is 1290. The van der Waals surface area contributed by atoms with Crippen LogP contribution >= 0.6 is 11.6 Å². The highest BCUT2D eigenvalue weighted by atomic mass is 35.5. The zero-order valence-corrected chi connectivity index (χ0v) is 17.9. The maximum atomic E-state index is 14.5. The first-order valence-corrected chi connectivity index (χ1v) is 9.92. The maximum absolute atomic E-state index is 14.5. The minimum Gasteiger partial charge on any atom is -0.397 e. The zero-order chi connectivity index (χ0) is 23.2. The molecular weight excluding hydrogens is 435 g/mol. The van der Waals surface area contributed by atoms with E-state index < -0.39 is 23.5 Å². The molecule has 0 saturated heterocycles. The first-order chi connectivity index (χ1) is 15.2. The van der Waals surface area contributed by atoms with Gasteiger partial charge < -0.3 is 16.0 Å². The normalized spacial score (nSPS) is 12.7. The lowest BCUT2D eigenvalue weighted by Gasteiger charge is -2.18. The number of halogens is 2. The van der Waals surface area contributed by atoms with E-state index in [1.807, 2.05) is 0 Å². The van der Waals surface area contributed by atoms with Gasteiger partial charge in [0.15, 0.2) is 0 Å². The molecule has 9 heteroatoms. The molecule has 32 heavy (non-hydrogen) atoms. The van der Waals surface area contributed by atoms with E-state index in [9.17, 15) is 18.8 Å². The van der Waals surface area contributed by atoms with E-state index in [4.69, 9.17) is 17.3 Å². The minimum absolute atomic E-state index is 0.0217. The highest BCUT2D eigenvalue weighted by Gasteiger charge is 2.40. The number of nitrogens with two attached hydrogens (primary N) is 1. The Labute approximate surface area is 188 Å². The first kappa shape index (κ1) is 21.3. The fraction of sp³-hybridized carbons (Fsp3) is 0.0870. The Hall–Kier alpha value is -3.91. The van der Waals surface area contributed by atoms with Crippen LogP contribution in [0.25, 0.3) is 0 Å². The van der Waals surface area contributed by atoms with Crippen LogP contribution in [0.2, 0.25) is 5.02 Å². The number of hydrogen-bond acceptors (Lipinski definition) is 5. The van der Waals surface area contributed by atoms with Crippen molar-refractivity contribution in [2.75, 3.05) is 34.9 Å². The highest BCUT2D eigenvalue weighted by Crippen LogP contribution is 2.37. The average molecular weight is 453 g/mol. The van der Waals surface area contributed by atoms with Gasteiger partial charge in [0.1, 0.15) is 5.82 Å². The molecule has 1 heterocycles. The van der Waals surface area contributed by atoms with Crippen molar-refractivity contribution in [3.05, 3.63) is 82.1 Å². The summed E-state index contributed by atoms with van der Waals surface area (Å²) >= 11 is 5.83. The van der Waals surface area contributed by atoms with Crippen LogP contribution in [0.5, 0.6) is 0 Å². The number of para-hydroxylation sites is 1. The van der Waals surface area contributed by atoms with Gasteiger partial charge in [0, 0.05) is 19.8 Å². The summed E-state index contributed by atoms with van der Waals surface area (Å²) in [4.78, 5) is 41.6. The first-order valence-electron chi connectivity index (χ1n) is 9.54. The van der Waals surface area contributed by atoms with Gasteiger partial charge in [-0.2, -0.15) is 0 Å². The van der Waals surface area contributed by atoms with Crippen molar-refractivity contribution in [2.24, 2.45) is 0 Å². The van der Waals surface area contributed by atoms with E-state index in [1.165, 1.54) is 18.2 Å². The Morgan fingerprint density at radius 2 is 1.78 bits per heavy atom. The van der Waals surface area contributed by atoms with Crippen LogP contribution in [-0.2, 0) is 0 Å². The number of nitrogen functional groups attached to an aromatic ring is 1. The number of nitrogens with one attached hydrogen (secondary N) is 1. The van der Waals surface area contributed by atoms with Crippen molar-refractivity contribution in [1.82, 2.24) is 0 Å². The summed E-state index contributed by atoms with van der Waals surface area (Å²) in [6.45, 7) is 0. The van der Waals surface area contributed by atoms with Gasteiger partial charge in [0.25, 0.3) is 17.7 Å². The summed E-state index contributed by atoms with van der Waals surface area (Å²) in [5.74, 6) is -2.83. The Morgan fingerprint density at radius 1 is 1.06 bits per heavy atom. The topological polar surface area (TPSA) is 95.7 Å². The fourth-order valence-electron chi connectivity index (χ4n) is 3.58. The summed E-state index contributed by atoms with van der Waals surface area (Å²) < 4.78 is 14.5. The van der Waals surface area contributed by atoms with Crippen LogP contribution in [-0.4, -0.2) is 31.8 Å². The minimum atomic E-state index is -0.871. The fourth-order valence-corrected chi connectivity index (χ4v) is 3.73. The lowest BCUT2D eigenvalue weighted by atomic mass is 10.1. The third-order valence-corrected chi connectivity index (χ3v) is 5.43. The number of imide groups is 1. The van der Waals surface area contributed by atoms with Gasteiger partial charge in [-0.25, -0.2) is 9.29 Å². The predicted octanol–water partition coefficient (Wildman–Crippen LogP) is 4.18. The Balaban J connectivity index is 1.74. The molecule has 0 spiro atoms. The number of rotatable bonds is 4. The molecule has 0 radical (unpaired) electrons. The zero-order valence-electron chi connectivity index (χ0n) is 17.1. The molecule has 0 bridgehead atoms. The van der Waals surface area contributed by atoms with E-state index in [1.54, 1.807) is 43.3 Å². The quantitative estimate of drug-likeness (QED) is 0.457. The van der Waals surface area contributed by atoms with Crippen molar-refractivity contribution in [3.8, 4) is 0 Å². The monoisotopic (exact) mass is 452 g/mol. The van der Waals surface area contributed by atoms with Crippen molar-refractivity contribution in [2.45, 2.75) is 0 Å². The number of benzene rings is 3. The molecule has 162 valence electrons. The van der Waals surface area contributed by atoms with Crippen LogP contribution in [0, 0.1) is 5.82 Å². The van der Waals surface area contributed by atoms with E-state index in [-0.39, 0.29) is 33.2 Å². The van der Waals surface area contributed by atoms with Crippen molar-refractivity contribution in [3.63, 3.8) is 0 Å². The molecule has 0 aromatic heterocycles. The van der Waals surface area contributed by atoms with Crippen molar-refractivity contribution < 1.29 is 18.8 Å². The SMILES string of the molecule is CN(C)c1ccccc1C(=O)Nc1cccc2c1C(=O)N(c1cc(N)c(Cl)cc1F)C2=O. The van der Waals surface area contributed by atoms with Gasteiger partial charge in [-0.3, -0.25) is 14.4 Å². The van der Waals surface area contributed by atoms with Crippen LogP contribution in [0.1, 0.15) is 31.1 Å². The second kappa shape index (κ2) is 7.97. The van der Waals surface area contributed by atoms with Crippen LogP contribution < -0.4 is 20.9 Å². The van der Waals surface area contributed by atoms with Gasteiger partial charge in [-0.15, -0.1) is 0 Å². The van der Waals surface area contributed by atoms with Gasteiger partial charge in [-0.05, 0) is 36.4 Å². The van der Waals surface area contributed by atoms with Crippen LogP contribution in [0.3, 0.4) is 0 Å². The second-order valence-corrected chi connectivity index (χ2v) is 7.77. The second-order valence-electron chi connectivity index (χ2n) is 7.36. The van der Waals surface area contributed by atoms with E-state index in [0.29, 0.717) is 16.2 Å². The predicted molar refractivity (Wildman–Crippen MR) is 122 cm³/mol. The number of hydrogen-bond donors (Lipinski definition) is 2. The molecule has 0 atom stereocenters. The van der Waals surface area contributed by atoms with E-state index in [2.05, 4.69) is 5.32 Å². The molecule has 3 amide bonds. The molecule has 1 aliphatic rings. The molecule has 3 aromatic carbocycles. The highest BCUT2D eigenvalue weighted by molar-refractivity contribution is 6.37. The lowest BCUT2D eigenvalue weighted by molar-refractivity contribution is 0.0924. The molecular formula is C23H18ClFN4O3. The van der Waals surface area contributed by atoms with E-state index >= 15 is 0 Å². The molecule has 7 nitrogen and oxygen atoms in total. The van der Waals surface area contributed by atoms with Gasteiger partial charge in [-0.1, -0.05) is 29.8 Å². The Morgan fingerprint density at radius 3 is 2.50 bits per heavy atom. The number of nitrogens with zero attached hydrogens (tertiary/aromatic N) is 2. The molecule has 0 aliphatic carbocycles. The largest absolute Gasteiger partial charge is 0.397 e. The van der Waals surface area contributed by atoms with Gasteiger partial charge in [0.2, 0.25) is 0 Å². The van der Waals surface area contributed by atoms with Crippen LogP contribution in [0.15, 0.2) is 54.6 Å². The average Bonchev–Trinajstić information content (AvgIpc) is 3.01. The van der Waals surface area contributed by atoms with Gasteiger partial charge >= 0.3 is 0 Å². The number of anilines is 4. The smallest absolute Gasteiger partial charge is 0.268 e.